The predicted octanol–water partition coefficient (Wildman–Crippen LogP) is 3.35. The maximum absolute atomic E-state index is 13.0. The van der Waals surface area contributed by atoms with E-state index in [9.17, 15) is 19.3 Å². The zero-order valence-corrected chi connectivity index (χ0v) is 13.9. The fourth-order valence-corrected chi connectivity index (χ4v) is 3.16. The van der Waals surface area contributed by atoms with E-state index < -0.39 is 10.7 Å². The molecule has 0 spiro atoms. The van der Waals surface area contributed by atoms with Gasteiger partial charge in [0.05, 0.1) is 9.95 Å². The number of rotatable bonds is 3. The van der Waals surface area contributed by atoms with E-state index in [1.165, 1.54) is 36.4 Å². The highest BCUT2D eigenvalue weighted by atomic mass is 35.5. The van der Waals surface area contributed by atoms with Crippen LogP contribution in [0.2, 0.25) is 5.02 Å². The average molecular weight is 364 g/mol. The molecule has 0 aromatic heterocycles. The summed E-state index contributed by atoms with van der Waals surface area (Å²) in [4.78, 5) is 26.7. The van der Waals surface area contributed by atoms with Crippen LogP contribution in [-0.4, -0.2) is 41.9 Å². The molecule has 1 fully saturated rings. The Morgan fingerprint density at radius 2 is 1.72 bits per heavy atom. The Labute approximate surface area is 148 Å². The average Bonchev–Trinajstić information content (AvgIpc) is 2.61. The lowest BCUT2D eigenvalue weighted by molar-refractivity contribution is -0.384. The van der Waals surface area contributed by atoms with Crippen LogP contribution in [0.3, 0.4) is 0 Å². The van der Waals surface area contributed by atoms with Crippen molar-refractivity contribution in [1.29, 1.82) is 0 Å². The molecule has 2 aromatic carbocycles. The largest absolute Gasteiger partial charge is 0.361 e. The molecule has 0 bridgehead atoms. The summed E-state index contributed by atoms with van der Waals surface area (Å²) in [5.74, 6) is -0.583. The molecule has 0 aliphatic carbocycles. The van der Waals surface area contributed by atoms with Crippen molar-refractivity contribution in [1.82, 2.24) is 4.90 Å². The first-order valence-electron chi connectivity index (χ1n) is 7.70. The monoisotopic (exact) mass is 363 g/mol. The third-order valence-electron chi connectivity index (χ3n) is 4.14. The van der Waals surface area contributed by atoms with Crippen LogP contribution in [0.4, 0.5) is 15.8 Å². The molecular weight excluding hydrogens is 349 g/mol. The molecule has 6 nitrogen and oxygen atoms in total. The number of carbonyl (C=O) groups is 1. The first-order chi connectivity index (χ1) is 12.0. The van der Waals surface area contributed by atoms with Crippen LogP contribution in [0.15, 0.2) is 42.5 Å². The van der Waals surface area contributed by atoms with Crippen LogP contribution in [-0.2, 0) is 0 Å². The van der Waals surface area contributed by atoms with Crippen LogP contribution in [0.25, 0.3) is 0 Å². The van der Waals surface area contributed by atoms with E-state index >= 15 is 0 Å². The second kappa shape index (κ2) is 7.06. The van der Waals surface area contributed by atoms with Gasteiger partial charge in [0, 0.05) is 37.8 Å². The molecule has 1 aliphatic heterocycles. The van der Waals surface area contributed by atoms with E-state index in [1.807, 2.05) is 4.90 Å². The summed E-state index contributed by atoms with van der Waals surface area (Å²) in [7, 11) is 0. The van der Waals surface area contributed by atoms with Crippen molar-refractivity contribution in [2.75, 3.05) is 31.1 Å². The van der Waals surface area contributed by atoms with Gasteiger partial charge in [0.2, 0.25) is 0 Å². The maximum atomic E-state index is 13.0. The highest BCUT2D eigenvalue weighted by Crippen LogP contribution is 2.35. The number of nitro benzene ring substituents is 1. The third kappa shape index (κ3) is 3.56. The molecule has 0 radical (unpaired) electrons. The Bertz CT molecular complexity index is 805. The summed E-state index contributed by atoms with van der Waals surface area (Å²) in [6.45, 7) is 1.66. The van der Waals surface area contributed by atoms with Gasteiger partial charge in [0.15, 0.2) is 0 Å². The van der Waals surface area contributed by atoms with Gasteiger partial charge in [-0.25, -0.2) is 4.39 Å². The van der Waals surface area contributed by atoms with Crippen molar-refractivity contribution in [2.45, 2.75) is 0 Å². The Kier molecular flexibility index (Phi) is 4.85. The van der Waals surface area contributed by atoms with E-state index in [4.69, 9.17) is 11.6 Å². The molecule has 0 atom stereocenters. The minimum atomic E-state index is -0.461. The number of benzene rings is 2. The van der Waals surface area contributed by atoms with Gasteiger partial charge in [-0.15, -0.1) is 0 Å². The molecule has 0 saturated carbocycles. The molecule has 2 aromatic rings. The van der Waals surface area contributed by atoms with Crippen molar-refractivity contribution in [3.8, 4) is 0 Å². The molecular formula is C17H15ClFN3O3. The highest BCUT2D eigenvalue weighted by molar-refractivity contribution is 6.33. The number of halogens is 2. The van der Waals surface area contributed by atoms with Crippen molar-refractivity contribution >= 4 is 28.9 Å². The lowest BCUT2D eigenvalue weighted by Gasteiger charge is -2.36. The topological polar surface area (TPSA) is 66.7 Å². The van der Waals surface area contributed by atoms with Crippen molar-refractivity contribution < 1.29 is 14.1 Å². The second-order valence-corrected chi connectivity index (χ2v) is 6.06. The van der Waals surface area contributed by atoms with Crippen LogP contribution in [0.1, 0.15) is 10.4 Å². The van der Waals surface area contributed by atoms with Crippen molar-refractivity contribution in [2.24, 2.45) is 0 Å². The normalized spacial score (nSPS) is 14.5. The van der Waals surface area contributed by atoms with Gasteiger partial charge in [-0.3, -0.25) is 14.9 Å². The van der Waals surface area contributed by atoms with Crippen LogP contribution < -0.4 is 4.90 Å². The molecule has 130 valence electrons. The molecule has 8 heteroatoms. The summed E-state index contributed by atoms with van der Waals surface area (Å²) >= 11 is 6.15. The Balaban J connectivity index is 1.73. The van der Waals surface area contributed by atoms with E-state index in [0.717, 1.165) is 0 Å². The lowest BCUT2D eigenvalue weighted by atomic mass is 10.1. The van der Waals surface area contributed by atoms with E-state index in [-0.39, 0.29) is 11.6 Å². The van der Waals surface area contributed by atoms with Crippen molar-refractivity contribution in [3.05, 3.63) is 69.0 Å². The molecule has 1 saturated heterocycles. The van der Waals surface area contributed by atoms with Crippen LogP contribution in [0, 0.1) is 15.9 Å². The number of carbonyl (C=O) groups excluding carboxylic acids is 1. The minimum absolute atomic E-state index is 0.0502. The molecule has 1 heterocycles. The quantitative estimate of drug-likeness (QED) is 0.619. The van der Waals surface area contributed by atoms with Crippen molar-refractivity contribution in [3.63, 3.8) is 0 Å². The standard InChI is InChI=1S/C17H15ClFN3O3/c18-14-2-1-3-15(22(24)25)16(14)20-8-10-21(11-9-20)17(23)12-4-6-13(19)7-5-12/h1-7H,8-11H2. The van der Waals surface area contributed by atoms with Gasteiger partial charge >= 0.3 is 0 Å². The zero-order chi connectivity index (χ0) is 18.0. The van der Waals surface area contributed by atoms with Gasteiger partial charge < -0.3 is 9.80 Å². The molecule has 3 rings (SSSR count). The number of nitro groups is 1. The SMILES string of the molecule is O=C(c1ccc(F)cc1)N1CCN(c2c(Cl)cccc2[N+](=O)[O-])CC1. The Hall–Kier alpha value is -2.67. The first kappa shape index (κ1) is 17.2. The molecule has 25 heavy (non-hydrogen) atoms. The van der Waals surface area contributed by atoms with E-state index in [1.54, 1.807) is 11.0 Å². The fourth-order valence-electron chi connectivity index (χ4n) is 2.87. The summed E-state index contributed by atoms with van der Waals surface area (Å²) < 4.78 is 13.0. The number of hydrogen-bond donors (Lipinski definition) is 0. The number of nitrogens with zero attached hydrogens (tertiary/aromatic N) is 3. The number of hydrogen-bond acceptors (Lipinski definition) is 4. The summed E-state index contributed by atoms with van der Waals surface area (Å²) in [5, 5.41) is 11.5. The molecule has 0 unspecified atom stereocenters. The summed E-state index contributed by atoms with van der Waals surface area (Å²) in [6, 6.07) is 9.95. The van der Waals surface area contributed by atoms with Gasteiger partial charge in [-0.2, -0.15) is 0 Å². The molecule has 1 aliphatic rings. The molecule has 0 N–H and O–H groups in total. The Morgan fingerprint density at radius 3 is 2.32 bits per heavy atom. The highest BCUT2D eigenvalue weighted by Gasteiger charge is 2.28. The first-order valence-corrected chi connectivity index (χ1v) is 8.08. The number of para-hydroxylation sites is 1. The summed E-state index contributed by atoms with van der Waals surface area (Å²) in [5.41, 5.74) is 0.743. The van der Waals surface area contributed by atoms with Gasteiger partial charge in [-0.1, -0.05) is 17.7 Å². The van der Waals surface area contributed by atoms with Gasteiger partial charge in [0.25, 0.3) is 11.6 Å². The number of amides is 1. The van der Waals surface area contributed by atoms with Gasteiger partial charge in [0.1, 0.15) is 11.5 Å². The van der Waals surface area contributed by atoms with Crippen LogP contribution >= 0.6 is 11.6 Å². The smallest absolute Gasteiger partial charge is 0.294 e. The third-order valence-corrected chi connectivity index (χ3v) is 4.44. The van der Waals surface area contributed by atoms with Crippen LogP contribution in [0.5, 0.6) is 0 Å². The number of piperazine rings is 1. The minimum Gasteiger partial charge on any atom is -0.361 e. The predicted molar refractivity (Wildman–Crippen MR) is 92.6 cm³/mol. The van der Waals surface area contributed by atoms with Gasteiger partial charge in [-0.05, 0) is 30.3 Å². The van der Waals surface area contributed by atoms with E-state index in [0.29, 0.717) is 42.5 Å². The lowest BCUT2D eigenvalue weighted by Crippen LogP contribution is -2.49. The Morgan fingerprint density at radius 1 is 1.08 bits per heavy atom. The zero-order valence-electron chi connectivity index (χ0n) is 13.2. The molecule has 1 amide bonds. The second-order valence-electron chi connectivity index (χ2n) is 5.65. The summed E-state index contributed by atoms with van der Waals surface area (Å²) in [6.07, 6.45) is 0. The number of anilines is 1. The maximum Gasteiger partial charge on any atom is 0.294 e. The van der Waals surface area contributed by atoms with E-state index in [2.05, 4.69) is 0 Å². The fraction of sp³-hybridized carbons (Fsp3) is 0.235.